The topological polar surface area (TPSA) is 73.2 Å². The molecular weight excluding hydrogens is 414 g/mol. The molecule has 6 heteroatoms. The zero-order valence-corrected chi connectivity index (χ0v) is 18.4. The molecule has 2 heterocycles. The van der Waals surface area contributed by atoms with Crippen molar-refractivity contribution < 1.29 is 14.3 Å². The maximum absolute atomic E-state index is 13.1. The quantitative estimate of drug-likeness (QED) is 0.280. The number of amides is 1. The first-order valence-electron chi connectivity index (χ1n) is 10.9. The fraction of sp³-hybridized carbons (Fsp3) is 0.148. The van der Waals surface area contributed by atoms with Gasteiger partial charge < -0.3 is 14.6 Å². The monoisotopic (exact) mass is 439 g/mol. The van der Waals surface area contributed by atoms with Crippen LogP contribution in [0.1, 0.15) is 40.5 Å². The number of carbonyl (C=O) groups excluding carboxylic acids is 2. The van der Waals surface area contributed by atoms with Crippen molar-refractivity contribution in [1.29, 1.82) is 0 Å². The molecule has 4 aromatic rings. The Morgan fingerprint density at radius 2 is 1.73 bits per heavy atom. The van der Waals surface area contributed by atoms with Crippen LogP contribution in [0.4, 0.5) is 5.69 Å². The Bertz CT molecular complexity index is 1230. The Balaban J connectivity index is 1.64. The van der Waals surface area contributed by atoms with E-state index in [9.17, 15) is 9.59 Å². The molecule has 0 aliphatic carbocycles. The summed E-state index contributed by atoms with van der Waals surface area (Å²) < 4.78 is 7.28. The van der Waals surface area contributed by atoms with Gasteiger partial charge in [-0.3, -0.25) is 9.78 Å². The van der Waals surface area contributed by atoms with E-state index >= 15 is 0 Å². The lowest BCUT2D eigenvalue weighted by atomic mass is 10.0. The van der Waals surface area contributed by atoms with E-state index in [0.717, 1.165) is 29.7 Å². The van der Waals surface area contributed by atoms with Gasteiger partial charge >= 0.3 is 5.97 Å². The van der Waals surface area contributed by atoms with Crippen molar-refractivity contribution in [3.8, 4) is 16.8 Å². The van der Waals surface area contributed by atoms with Crippen molar-refractivity contribution in [2.24, 2.45) is 0 Å². The second-order valence-electron chi connectivity index (χ2n) is 7.59. The molecule has 166 valence electrons. The first-order chi connectivity index (χ1) is 16.2. The Morgan fingerprint density at radius 3 is 2.48 bits per heavy atom. The van der Waals surface area contributed by atoms with E-state index in [-0.39, 0.29) is 5.91 Å². The van der Waals surface area contributed by atoms with Crippen LogP contribution < -0.4 is 5.32 Å². The van der Waals surface area contributed by atoms with Crippen molar-refractivity contribution in [3.05, 3.63) is 103 Å². The Morgan fingerprint density at radius 1 is 0.939 bits per heavy atom. The number of nitrogens with one attached hydrogen (secondary N) is 1. The van der Waals surface area contributed by atoms with Crippen LogP contribution in [0.5, 0.6) is 0 Å². The van der Waals surface area contributed by atoms with E-state index in [1.165, 1.54) is 6.20 Å². The molecule has 1 N–H and O–H groups in total. The smallest absolute Gasteiger partial charge is 0.340 e. The molecule has 33 heavy (non-hydrogen) atoms. The van der Waals surface area contributed by atoms with E-state index in [2.05, 4.69) is 10.3 Å². The van der Waals surface area contributed by atoms with E-state index < -0.39 is 5.97 Å². The molecule has 0 spiro atoms. The highest BCUT2D eigenvalue weighted by atomic mass is 16.5. The molecule has 0 bridgehead atoms. The van der Waals surface area contributed by atoms with Gasteiger partial charge in [0.25, 0.3) is 5.91 Å². The normalized spacial score (nSPS) is 10.6. The Labute approximate surface area is 192 Å². The summed E-state index contributed by atoms with van der Waals surface area (Å²) in [5, 5.41) is 2.89. The third-order valence-electron chi connectivity index (χ3n) is 5.21. The van der Waals surface area contributed by atoms with Crippen molar-refractivity contribution in [3.63, 3.8) is 0 Å². The minimum absolute atomic E-state index is 0.314. The van der Waals surface area contributed by atoms with Crippen LogP contribution in [0, 0.1) is 0 Å². The summed E-state index contributed by atoms with van der Waals surface area (Å²) in [6, 6.07) is 20.7. The summed E-state index contributed by atoms with van der Waals surface area (Å²) in [5.74, 6) is -0.818. The number of unbranched alkanes of at least 4 members (excludes halogenated alkanes) is 1. The molecule has 0 fully saturated rings. The standard InChI is InChI=1S/C27H25N3O3/c1-2-3-15-33-27(32)24-12-11-21(20-9-5-4-6-10-20)17-25(24)29-26(31)22-16-23(19-28-18-22)30-13-7-8-14-30/h4-14,16-19H,2-3,15H2,1H3,(H,29,31). The van der Waals surface area contributed by atoms with Crippen LogP contribution in [0.25, 0.3) is 16.8 Å². The van der Waals surface area contributed by atoms with Gasteiger partial charge in [0, 0.05) is 18.6 Å². The first-order valence-corrected chi connectivity index (χ1v) is 10.9. The summed E-state index contributed by atoms with van der Waals surface area (Å²) in [6.45, 7) is 2.37. The minimum atomic E-state index is -0.461. The van der Waals surface area contributed by atoms with Gasteiger partial charge in [0.05, 0.1) is 35.3 Å². The van der Waals surface area contributed by atoms with Crippen LogP contribution in [0.3, 0.4) is 0 Å². The molecule has 0 saturated heterocycles. The largest absolute Gasteiger partial charge is 0.462 e. The van der Waals surface area contributed by atoms with Gasteiger partial charge in [0.15, 0.2) is 0 Å². The van der Waals surface area contributed by atoms with Gasteiger partial charge in [0.1, 0.15) is 0 Å². The summed E-state index contributed by atoms with van der Waals surface area (Å²) in [7, 11) is 0. The van der Waals surface area contributed by atoms with Crippen molar-refractivity contribution in [2.75, 3.05) is 11.9 Å². The van der Waals surface area contributed by atoms with Gasteiger partial charge in [-0.15, -0.1) is 0 Å². The molecule has 2 aromatic carbocycles. The van der Waals surface area contributed by atoms with Crippen LogP contribution in [-0.2, 0) is 4.74 Å². The number of pyridine rings is 1. The summed E-state index contributed by atoms with van der Waals surface area (Å²) in [4.78, 5) is 30.0. The minimum Gasteiger partial charge on any atom is -0.462 e. The number of aromatic nitrogens is 2. The number of hydrogen-bond acceptors (Lipinski definition) is 4. The number of carbonyl (C=O) groups is 2. The SMILES string of the molecule is CCCCOC(=O)c1ccc(-c2ccccc2)cc1NC(=O)c1cncc(-n2cccc2)c1. The molecule has 0 radical (unpaired) electrons. The number of rotatable bonds is 8. The lowest BCUT2D eigenvalue weighted by Crippen LogP contribution is -2.17. The van der Waals surface area contributed by atoms with Gasteiger partial charge in [-0.2, -0.15) is 0 Å². The van der Waals surface area contributed by atoms with Crippen LogP contribution >= 0.6 is 0 Å². The molecule has 0 aliphatic heterocycles. The highest BCUT2D eigenvalue weighted by Crippen LogP contribution is 2.27. The number of hydrogen-bond donors (Lipinski definition) is 1. The molecule has 0 unspecified atom stereocenters. The maximum atomic E-state index is 13.1. The molecule has 2 aromatic heterocycles. The average Bonchev–Trinajstić information content (AvgIpc) is 3.40. The van der Waals surface area contributed by atoms with Gasteiger partial charge in [-0.05, 0) is 47.9 Å². The number of benzene rings is 2. The summed E-state index contributed by atoms with van der Waals surface area (Å²) in [5.41, 5.74) is 3.73. The maximum Gasteiger partial charge on any atom is 0.340 e. The van der Waals surface area contributed by atoms with Crippen molar-refractivity contribution in [2.45, 2.75) is 19.8 Å². The number of anilines is 1. The predicted molar refractivity (Wildman–Crippen MR) is 129 cm³/mol. The number of esters is 1. The van der Waals surface area contributed by atoms with E-state index in [1.807, 2.05) is 72.4 Å². The zero-order valence-electron chi connectivity index (χ0n) is 18.4. The van der Waals surface area contributed by atoms with Gasteiger partial charge in [0.2, 0.25) is 0 Å². The van der Waals surface area contributed by atoms with Gasteiger partial charge in [-0.25, -0.2) is 4.79 Å². The molecule has 4 rings (SSSR count). The first kappa shape index (κ1) is 22.0. The lowest BCUT2D eigenvalue weighted by molar-refractivity contribution is 0.0501. The van der Waals surface area contributed by atoms with E-state index in [0.29, 0.717) is 23.4 Å². The summed E-state index contributed by atoms with van der Waals surface area (Å²) >= 11 is 0. The molecular formula is C27H25N3O3. The number of ether oxygens (including phenoxy) is 1. The fourth-order valence-corrected chi connectivity index (χ4v) is 3.42. The van der Waals surface area contributed by atoms with E-state index in [1.54, 1.807) is 24.4 Å². The third kappa shape index (κ3) is 5.36. The molecule has 6 nitrogen and oxygen atoms in total. The molecule has 0 saturated carbocycles. The predicted octanol–water partition coefficient (Wildman–Crippen LogP) is 5.75. The second-order valence-corrected chi connectivity index (χ2v) is 7.59. The Hall–Kier alpha value is -4.19. The molecule has 1 amide bonds. The van der Waals surface area contributed by atoms with E-state index in [4.69, 9.17) is 4.74 Å². The summed E-state index contributed by atoms with van der Waals surface area (Å²) in [6.07, 6.45) is 8.66. The highest BCUT2D eigenvalue weighted by Gasteiger charge is 2.17. The van der Waals surface area contributed by atoms with Crippen LogP contribution in [0.15, 0.2) is 91.5 Å². The fourth-order valence-electron chi connectivity index (χ4n) is 3.42. The lowest BCUT2D eigenvalue weighted by Gasteiger charge is -2.14. The van der Waals surface area contributed by atoms with Crippen molar-refractivity contribution in [1.82, 2.24) is 9.55 Å². The zero-order chi connectivity index (χ0) is 23.0. The average molecular weight is 440 g/mol. The van der Waals surface area contributed by atoms with Crippen molar-refractivity contribution >= 4 is 17.6 Å². The van der Waals surface area contributed by atoms with Crippen LogP contribution in [0.2, 0.25) is 0 Å². The molecule has 0 aliphatic rings. The highest BCUT2D eigenvalue weighted by molar-refractivity contribution is 6.08. The second kappa shape index (κ2) is 10.4. The van der Waals surface area contributed by atoms with Crippen LogP contribution in [-0.4, -0.2) is 28.0 Å². The number of nitrogens with zero attached hydrogens (tertiary/aromatic N) is 2. The third-order valence-corrected chi connectivity index (χ3v) is 5.21. The van der Waals surface area contributed by atoms with Gasteiger partial charge in [-0.1, -0.05) is 49.7 Å². The Kier molecular flexibility index (Phi) is 6.95. The molecule has 0 atom stereocenters.